The van der Waals surface area contributed by atoms with E-state index in [1.807, 2.05) is 36.5 Å². The molecule has 1 saturated carbocycles. The van der Waals surface area contributed by atoms with Crippen LogP contribution in [-0.2, 0) is 9.53 Å². The lowest BCUT2D eigenvalue weighted by Crippen LogP contribution is -2.07. The Morgan fingerprint density at radius 2 is 1.91 bits per heavy atom. The summed E-state index contributed by atoms with van der Waals surface area (Å²) in [7, 11) is 1.64. The van der Waals surface area contributed by atoms with Gasteiger partial charge in [0, 0.05) is 36.3 Å². The molecule has 4 rings (SSSR count). The number of nitrogens with one attached hydrogen (secondary N) is 2. The monoisotopic (exact) mass is 462 g/mol. The molecular weight excluding hydrogens is 432 g/mol. The van der Waals surface area contributed by atoms with Gasteiger partial charge in [-0.2, -0.15) is 4.98 Å². The fourth-order valence-electron chi connectivity index (χ4n) is 3.14. The average Bonchev–Trinajstić information content (AvgIpc) is 3.66. The summed E-state index contributed by atoms with van der Waals surface area (Å²) in [6.07, 6.45) is 5.21. The Labute approximate surface area is 200 Å². The van der Waals surface area contributed by atoms with Gasteiger partial charge in [0.2, 0.25) is 17.7 Å². The van der Waals surface area contributed by atoms with Crippen molar-refractivity contribution in [3.8, 4) is 17.4 Å². The molecule has 1 aromatic heterocycles. The van der Waals surface area contributed by atoms with Gasteiger partial charge < -0.3 is 24.8 Å². The molecule has 0 saturated heterocycles. The zero-order chi connectivity index (χ0) is 23.0. The van der Waals surface area contributed by atoms with E-state index in [-0.39, 0.29) is 13.3 Å². The maximum atomic E-state index is 11.6. The smallest absolute Gasteiger partial charge is 0.247 e. The second kappa shape index (κ2) is 11.8. The van der Waals surface area contributed by atoms with E-state index in [1.54, 1.807) is 25.3 Å². The van der Waals surface area contributed by atoms with Gasteiger partial charge in [-0.1, -0.05) is 20.1 Å². The first-order valence-electron chi connectivity index (χ1n) is 10.7. The van der Waals surface area contributed by atoms with Gasteiger partial charge in [0.25, 0.3) is 0 Å². The van der Waals surface area contributed by atoms with Crippen LogP contribution < -0.4 is 20.1 Å². The zero-order valence-corrected chi connectivity index (χ0v) is 18.4. The third kappa shape index (κ3) is 6.79. The summed E-state index contributed by atoms with van der Waals surface area (Å²) in [5.74, 6) is 2.38. The molecule has 0 bridgehead atoms. The van der Waals surface area contributed by atoms with Gasteiger partial charge in [0.05, 0.1) is 6.61 Å². The van der Waals surface area contributed by atoms with Crippen molar-refractivity contribution in [1.82, 2.24) is 9.97 Å². The van der Waals surface area contributed by atoms with E-state index in [1.165, 1.54) is 6.08 Å². The number of methoxy groups -OCH3 is 1. The second-order valence-corrected chi connectivity index (χ2v) is 7.54. The number of carbonyl (C=O) groups excluding carboxylic acids is 1. The van der Waals surface area contributed by atoms with Gasteiger partial charge >= 0.3 is 0 Å². The van der Waals surface area contributed by atoms with Crippen molar-refractivity contribution in [2.75, 3.05) is 31.0 Å². The average molecular weight is 463 g/mol. The van der Waals surface area contributed by atoms with Crippen LogP contribution in [0.15, 0.2) is 67.4 Å². The highest BCUT2D eigenvalue weighted by molar-refractivity contribution is 5.98. The largest absolute Gasteiger partial charge is 0.491 e. The molecule has 0 aliphatic heterocycles. The third-order valence-electron chi connectivity index (χ3n) is 4.97. The predicted octanol–water partition coefficient (Wildman–Crippen LogP) is 5.68. The predicted molar refractivity (Wildman–Crippen MR) is 133 cm³/mol. The van der Waals surface area contributed by atoms with Crippen LogP contribution in [0.5, 0.6) is 17.4 Å². The quantitative estimate of drug-likeness (QED) is 0.280. The summed E-state index contributed by atoms with van der Waals surface area (Å²) in [5.41, 5.74) is 2.42. The maximum absolute atomic E-state index is 11.6. The lowest BCUT2D eigenvalue weighted by atomic mass is 10.2. The maximum Gasteiger partial charge on any atom is 0.247 e. The van der Waals surface area contributed by atoms with Crippen LogP contribution in [0.25, 0.3) is 0 Å². The van der Waals surface area contributed by atoms with Crippen molar-refractivity contribution in [2.45, 2.75) is 26.2 Å². The van der Waals surface area contributed by atoms with Crippen molar-refractivity contribution >= 4 is 23.2 Å². The van der Waals surface area contributed by atoms with Crippen molar-refractivity contribution < 1.29 is 19.0 Å². The molecule has 34 heavy (non-hydrogen) atoms. The van der Waals surface area contributed by atoms with E-state index in [0.717, 1.165) is 29.8 Å². The van der Waals surface area contributed by atoms with Crippen molar-refractivity contribution in [1.29, 1.82) is 0 Å². The fourth-order valence-corrected chi connectivity index (χ4v) is 3.14. The molecule has 0 radical (unpaired) electrons. The van der Waals surface area contributed by atoms with Gasteiger partial charge in [0.1, 0.15) is 18.1 Å². The summed E-state index contributed by atoms with van der Waals surface area (Å²) in [5, 5.41) is 5.94. The number of hydrogen-bond acceptors (Lipinski definition) is 7. The van der Waals surface area contributed by atoms with Crippen LogP contribution in [0.4, 0.5) is 17.3 Å². The molecule has 1 heterocycles. The van der Waals surface area contributed by atoms with Crippen LogP contribution >= 0.6 is 0 Å². The summed E-state index contributed by atoms with van der Waals surface area (Å²) in [4.78, 5) is 20.7. The minimum absolute atomic E-state index is 0. The highest BCUT2D eigenvalue weighted by atomic mass is 16.5. The first-order chi connectivity index (χ1) is 16.1. The second-order valence-electron chi connectivity index (χ2n) is 7.54. The number of nitrogens with zero attached hydrogens (tertiary/aromatic N) is 2. The Hall–Kier alpha value is -3.91. The van der Waals surface area contributed by atoms with E-state index >= 15 is 0 Å². The van der Waals surface area contributed by atoms with Gasteiger partial charge in [-0.25, -0.2) is 4.98 Å². The third-order valence-corrected chi connectivity index (χ3v) is 4.97. The van der Waals surface area contributed by atoms with E-state index in [9.17, 15) is 4.79 Å². The lowest BCUT2D eigenvalue weighted by molar-refractivity contribution is -0.111. The number of carbonyl (C=O) groups is 1. The molecule has 8 nitrogen and oxygen atoms in total. The van der Waals surface area contributed by atoms with Crippen molar-refractivity contribution in [2.24, 2.45) is 0 Å². The van der Waals surface area contributed by atoms with Crippen LogP contribution in [0.1, 0.15) is 31.7 Å². The summed E-state index contributed by atoms with van der Waals surface area (Å²) in [6.45, 7) is 4.50. The zero-order valence-electron chi connectivity index (χ0n) is 18.4. The normalized spacial score (nSPS) is 12.3. The highest BCUT2D eigenvalue weighted by Gasteiger charge is 2.29. The van der Waals surface area contributed by atoms with E-state index < -0.39 is 0 Å². The molecule has 1 amide bonds. The van der Waals surface area contributed by atoms with Crippen LogP contribution in [0, 0.1) is 0 Å². The van der Waals surface area contributed by atoms with Gasteiger partial charge in [-0.05, 0) is 61.2 Å². The summed E-state index contributed by atoms with van der Waals surface area (Å²) < 4.78 is 16.7. The van der Waals surface area contributed by atoms with Crippen molar-refractivity contribution in [3.63, 3.8) is 0 Å². The molecule has 8 heteroatoms. The van der Waals surface area contributed by atoms with Gasteiger partial charge in [-0.3, -0.25) is 4.79 Å². The Kier molecular flexibility index (Phi) is 8.59. The molecule has 0 spiro atoms. The molecule has 0 atom stereocenters. The summed E-state index contributed by atoms with van der Waals surface area (Å²) in [6, 6.07) is 14.7. The van der Waals surface area contributed by atoms with Gasteiger partial charge in [0.15, 0.2) is 0 Å². The van der Waals surface area contributed by atoms with Crippen LogP contribution in [-0.4, -0.2) is 36.2 Å². The van der Waals surface area contributed by atoms with Crippen molar-refractivity contribution in [3.05, 3.63) is 72.9 Å². The number of aromatic nitrogens is 2. The lowest BCUT2D eigenvalue weighted by Gasteiger charge is -2.13. The number of ether oxygens (including phenoxy) is 3. The molecule has 2 N–H and O–H groups in total. The molecule has 0 unspecified atom stereocenters. The summed E-state index contributed by atoms with van der Waals surface area (Å²) >= 11 is 0. The molecule has 1 aliphatic carbocycles. The highest BCUT2D eigenvalue weighted by Crippen LogP contribution is 2.44. The molecular formula is C26H30N4O4. The Balaban J connectivity index is 0.00000324. The number of amides is 1. The standard InChI is InChI=1S/C25H26N4O4.CH4/c1-3-23(30)27-19-5-4-6-21(15-19)33-24-22(17-7-8-17)16-26-25(29-24)28-18-9-11-20(12-10-18)32-14-13-31-2;/h3-6,9-12,15-17H,1,7-8,13-14H2,2H3,(H,27,30)(H,26,28,29);1H4. The van der Waals surface area contributed by atoms with E-state index in [2.05, 4.69) is 27.2 Å². The first kappa shape index (κ1) is 24.7. The Morgan fingerprint density at radius 3 is 2.62 bits per heavy atom. The molecule has 3 aromatic rings. The minimum atomic E-state index is -0.283. The molecule has 178 valence electrons. The minimum Gasteiger partial charge on any atom is -0.491 e. The molecule has 1 fully saturated rings. The first-order valence-corrected chi connectivity index (χ1v) is 10.7. The fraction of sp³-hybridized carbons (Fsp3) is 0.269. The van der Waals surface area contributed by atoms with Crippen LogP contribution in [0.3, 0.4) is 0 Å². The van der Waals surface area contributed by atoms with E-state index in [4.69, 9.17) is 14.2 Å². The Morgan fingerprint density at radius 1 is 1.12 bits per heavy atom. The number of benzene rings is 2. The number of rotatable bonds is 11. The van der Waals surface area contributed by atoms with Gasteiger partial charge in [-0.15, -0.1) is 0 Å². The molecule has 1 aliphatic rings. The SMILES string of the molecule is C.C=CC(=O)Nc1cccc(Oc2nc(Nc3ccc(OCCOC)cc3)ncc2C2CC2)c1. The Bertz CT molecular complexity index is 1110. The van der Waals surface area contributed by atoms with E-state index in [0.29, 0.717) is 42.4 Å². The molecule has 2 aromatic carbocycles. The number of hydrogen-bond donors (Lipinski definition) is 2. The topological polar surface area (TPSA) is 94.6 Å². The van der Waals surface area contributed by atoms with Crippen LogP contribution in [0.2, 0.25) is 0 Å². The number of anilines is 3.